The Bertz CT molecular complexity index is 383. The van der Waals surface area contributed by atoms with Gasteiger partial charge in [0.2, 0.25) is 0 Å². The molecule has 0 aliphatic rings. The standard InChI is InChI=1S/C24H48O9/c1-2-3-4-5-6-7-8-9-24(26)33-23-22-32-21-20-31-19-18-30-17-16-29-15-14-28-13-12-27-11-10-25/h25H,2-23H2,1H3. The number of aliphatic hydroxyl groups excluding tert-OH is 1. The highest BCUT2D eigenvalue weighted by Gasteiger charge is 2.02. The second-order valence-corrected chi connectivity index (χ2v) is 7.49. The maximum absolute atomic E-state index is 11.6. The minimum Gasteiger partial charge on any atom is -0.463 e. The first-order valence-electron chi connectivity index (χ1n) is 12.5. The fraction of sp³-hybridized carbons (Fsp3) is 0.958. The molecule has 9 nitrogen and oxygen atoms in total. The first-order valence-corrected chi connectivity index (χ1v) is 12.5. The van der Waals surface area contributed by atoms with E-state index in [0.717, 1.165) is 12.8 Å². The number of ether oxygens (including phenoxy) is 7. The van der Waals surface area contributed by atoms with Crippen LogP contribution >= 0.6 is 0 Å². The zero-order chi connectivity index (χ0) is 24.1. The number of rotatable bonds is 28. The normalized spacial score (nSPS) is 11.2. The highest BCUT2D eigenvalue weighted by Crippen LogP contribution is 2.08. The number of esters is 1. The molecule has 0 radical (unpaired) electrons. The molecule has 0 heterocycles. The molecule has 0 aliphatic heterocycles. The third-order valence-electron chi connectivity index (χ3n) is 4.57. The lowest BCUT2D eigenvalue weighted by Crippen LogP contribution is -2.15. The Morgan fingerprint density at radius 1 is 0.515 bits per heavy atom. The van der Waals surface area contributed by atoms with Crippen LogP contribution in [0.3, 0.4) is 0 Å². The van der Waals surface area contributed by atoms with E-state index in [0.29, 0.717) is 92.3 Å². The first kappa shape index (κ1) is 32.2. The number of carbonyl (C=O) groups excluding carboxylic acids is 1. The summed E-state index contributed by atoms with van der Waals surface area (Å²) in [6, 6.07) is 0. The summed E-state index contributed by atoms with van der Waals surface area (Å²) >= 11 is 0. The molecule has 0 bridgehead atoms. The van der Waals surface area contributed by atoms with Crippen LogP contribution < -0.4 is 0 Å². The van der Waals surface area contributed by atoms with Crippen molar-refractivity contribution in [3.63, 3.8) is 0 Å². The van der Waals surface area contributed by atoms with Crippen molar-refractivity contribution in [2.75, 3.05) is 92.5 Å². The maximum atomic E-state index is 11.6. The lowest BCUT2D eigenvalue weighted by Gasteiger charge is -2.08. The average molecular weight is 481 g/mol. The maximum Gasteiger partial charge on any atom is 0.305 e. The van der Waals surface area contributed by atoms with Gasteiger partial charge in [-0.2, -0.15) is 0 Å². The van der Waals surface area contributed by atoms with Crippen LogP contribution in [0, 0.1) is 0 Å². The summed E-state index contributed by atoms with van der Waals surface area (Å²) in [4.78, 5) is 11.6. The van der Waals surface area contributed by atoms with Gasteiger partial charge in [0.15, 0.2) is 0 Å². The van der Waals surface area contributed by atoms with Gasteiger partial charge in [0.1, 0.15) is 6.61 Å². The summed E-state index contributed by atoms with van der Waals surface area (Å²) in [6.45, 7) is 8.17. The number of carbonyl (C=O) groups is 1. The minimum atomic E-state index is -0.138. The van der Waals surface area contributed by atoms with Gasteiger partial charge in [0.05, 0.1) is 85.9 Å². The SMILES string of the molecule is CCCCCCCCCC(=O)OCCOCCOCCOCCOCCOCCOCCO. The third-order valence-corrected chi connectivity index (χ3v) is 4.57. The fourth-order valence-electron chi connectivity index (χ4n) is 2.78. The van der Waals surface area contributed by atoms with Crippen molar-refractivity contribution in [3.05, 3.63) is 0 Å². The van der Waals surface area contributed by atoms with Crippen molar-refractivity contribution in [2.24, 2.45) is 0 Å². The van der Waals surface area contributed by atoms with Crippen molar-refractivity contribution in [2.45, 2.75) is 58.3 Å². The quantitative estimate of drug-likeness (QED) is 0.134. The summed E-state index contributed by atoms with van der Waals surface area (Å²) in [7, 11) is 0. The predicted molar refractivity (Wildman–Crippen MR) is 126 cm³/mol. The molecule has 0 aromatic carbocycles. The minimum absolute atomic E-state index is 0.0278. The van der Waals surface area contributed by atoms with Gasteiger partial charge in [-0.15, -0.1) is 0 Å². The van der Waals surface area contributed by atoms with Crippen LogP contribution in [0.5, 0.6) is 0 Å². The van der Waals surface area contributed by atoms with Crippen molar-refractivity contribution in [3.8, 4) is 0 Å². The second-order valence-electron chi connectivity index (χ2n) is 7.49. The molecule has 0 fully saturated rings. The Balaban J connectivity index is 3.10. The number of aliphatic hydroxyl groups is 1. The van der Waals surface area contributed by atoms with E-state index in [2.05, 4.69) is 6.92 Å². The van der Waals surface area contributed by atoms with E-state index < -0.39 is 0 Å². The van der Waals surface area contributed by atoms with Crippen LogP contribution in [0.4, 0.5) is 0 Å². The van der Waals surface area contributed by atoms with E-state index in [1.54, 1.807) is 0 Å². The third kappa shape index (κ3) is 29.2. The topological polar surface area (TPSA) is 102 Å². The van der Waals surface area contributed by atoms with E-state index in [1.165, 1.54) is 32.1 Å². The van der Waals surface area contributed by atoms with Gasteiger partial charge < -0.3 is 38.3 Å². The summed E-state index contributed by atoms with van der Waals surface area (Å²) in [6.07, 6.45) is 8.83. The summed E-state index contributed by atoms with van der Waals surface area (Å²) in [5.41, 5.74) is 0. The van der Waals surface area contributed by atoms with Crippen molar-refractivity contribution < 1.29 is 43.1 Å². The smallest absolute Gasteiger partial charge is 0.305 e. The van der Waals surface area contributed by atoms with E-state index in [9.17, 15) is 4.79 Å². The first-order chi connectivity index (χ1) is 16.3. The summed E-state index contributed by atoms with van der Waals surface area (Å²) in [5.74, 6) is -0.138. The number of hydrogen-bond acceptors (Lipinski definition) is 9. The van der Waals surface area contributed by atoms with Gasteiger partial charge in [0, 0.05) is 6.42 Å². The fourth-order valence-corrected chi connectivity index (χ4v) is 2.78. The van der Waals surface area contributed by atoms with Crippen molar-refractivity contribution in [1.82, 2.24) is 0 Å². The monoisotopic (exact) mass is 480 g/mol. The van der Waals surface area contributed by atoms with Crippen LogP contribution in [0.2, 0.25) is 0 Å². The van der Waals surface area contributed by atoms with Crippen LogP contribution in [0.1, 0.15) is 58.3 Å². The molecule has 1 N–H and O–H groups in total. The molecular formula is C24H48O9. The molecule has 33 heavy (non-hydrogen) atoms. The Morgan fingerprint density at radius 3 is 1.30 bits per heavy atom. The molecule has 0 saturated carbocycles. The number of hydrogen-bond donors (Lipinski definition) is 1. The largest absolute Gasteiger partial charge is 0.463 e. The van der Waals surface area contributed by atoms with Gasteiger partial charge >= 0.3 is 5.97 Å². The van der Waals surface area contributed by atoms with Crippen molar-refractivity contribution in [1.29, 1.82) is 0 Å². The van der Waals surface area contributed by atoms with Crippen LogP contribution in [0.15, 0.2) is 0 Å². The molecular weight excluding hydrogens is 432 g/mol. The van der Waals surface area contributed by atoms with Crippen molar-refractivity contribution >= 4 is 5.97 Å². The van der Waals surface area contributed by atoms with Crippen LogP contribution in [-0.2, 0) is 38.0 Å². The van der Waals surface area contributed by atoms with Crippen LogP contribution in [0.25, 0.3) is 0 Å². The second kappa shape index (κ2) is 29.2. The lowest BCUT2D eigenvalue weighted by atomic mass is 10.1. The lowest BCUT2D eigenvalue weighted by molar-refractivity contribution is -0.145. The Morgan fingerprint density at radius 2 is 0.879 bits per heavy atom. The van der Waals surface area contributed by atoms with Crippen LogP contribution in [-0.4, -0.2) is 104 Å². The average Bonchev–Trinajstić information content (AvgIpc) is 2.82. The molecule has 0 saturated heterocycles. The molecule has 198 valence electrons. The zero-order valence-electron chi connectivity index (χ0n) is 20.8. The van der Waals surface area contributed by atoms with Gasteiger partial charge in [-0.25, -0.2) is 0 Å². The summed E-state index contributed by atoms with van der Waals surface area (Å²) < 4.78 is 37.1. The number of unbranched alkanes of at least 4 members (excludes halogenated alkanes) is 6. The Kier molecular flexibility index (Phi) is 28.5. The molecule has 0 aromatic heterocycles. The van der Waals surface area contributed by atoms with E-state index >= 15 is 0 Å². The molecule has 0 spiro atoms. The van der Waals surface area contributed by atoms with E-state index in [1.807, 2.05) is 0 Å². The van der Waals surface area contributed by atoms with Gasteiger partial charge in [-0.05, 0) is 6.42 Å². The molecule has 0 amide bonds. The molecule has 9 heteroatoms. The molecule has 0 atom stereocenters. The Labute approximate surface area is 200 Å². The van der Waals surface area contributed by atoms with Gasteiger partial charge in [-0.3, -0.25) is 4.79 Å². The molecule has 0 unspecified atom stereocenters. The molecule has 0 aromatic rings. The van der Waals surface area contributed by atoms with E-state index in [4.69, 9.17) is 38.3 Å². The highest BCUT2D eigenvalue weighted by molar-refractivity contribution is 5.69. The summed E-state index contributed by atoms with van der Waals surface area (Å²) in [5, 5.41) is 8.55. The highest BCUT2D eigenvalue weighted by atomic mass is 16.6. The van der Waals surface area contributed by atoms with Gasteiger partial charge in [-0.1, -0.05) is 45.4 Å². The van der Waals surface area contributed by atoms with Gasteiger partial charge in [0.25, 0.3) is 0 Å². The molecule has 0 aliphatic carbocycles. The zero-order valence-corrected chi connectivity index (χ0v) is 20.8. The van der Waals surface area contributed by atoms with E-state index in [-0.39, 0.29) is 12.6 Å². The predicted octanol–water partition coefficient (Wildman–Crippen LogP) is 2.76. The Hall–Kier alpha value is -0.810. The molecule has 0 rings (SSSR count).